The molecule has 0 radical (unpaired) electrons. The molecule has 0 aromatic carbocycles. The van der Waals surface area contributed by atoms with E-state index in [4.69, 9.17) is 4.74 Å². The average Bonchev–Trinajstić information content (AvgIpc) is 1.80. The molecule has 3 heteroatoms. The van der Waals surface area contributed by atoms with Crippen LogP contribution in [-0.2, 0) is 9.53 Å². The Balaban J connectivity index is 2.40. The lowest BCUT2D eigenvalue weighted by Crippen LogP contribution is -2.58. The molecule has 0 bridgehead atoms. The van der Waals surface area contributed by atoms with E-state index in [1.807, 2.05) is 20.8 Å². The third kappa shape index (κ3) is 2.69. The summed E-state index contributed by atoms with van der Waals surface area (Å²) in [6, 6.07) is -0.0655. The van der Waals surface area contributed by atoms with E-state index in [-0.39, 0.29) is 17.6 Å². The van der Waals surface area contributed by atoms with Crippen LogP contribution in [0.2, 0.25) is 0 Å². The van der Waals surface area contributed by atoms with Crippen molar-refractivity contribution >= 4 is 5.97 Å². The molecule has 0 spiro atoms. The van der Waals surface area contributed by atoms with Gasteiger partial charge in [0.2, 0.25) is 0 Å². The highest BCUT2D eigenvalue weighted by Crippen LogP contribution is 2.20. The summed E-state index contributed by atoms with van der Waals surface area (Å²) in [5.74, 6) is 0.362. The van der Waals surface area contributed by atoms with Crippen LogP contribution < -0.4 is 5.32 Å². The molecular weight excluding hydrogens is 166 g/mol. The number of carbonyl (C=O) groups is 1. The molecule has 0 aromatic rings. The predicted octanol–water partition coefficient (Wildman–Crippen LogP) is 1.33. The molecular formula is C10H19NO2. The van der Waals surface area contributed by atoms with Gasteiger partial charge in [0.1, 0.15) is 11.6 Å². The van der Waals surface area contributed by atoms with E-state index in [0.717, 1.165) is 13.0 Å². The van der Waals surface area contributed by atoms with E-state index >= 15 is 0 Å². The van der Waals surface area contributed by atoms with Crippen molar-refractivity contribution in [2.24, 2.45) is 5.92 Å². The van der Waals surface area contributed by atoms with Gasteiger partial charge >= 0.3 is 5.97 Å². The summed E-state index contributed by atoms with van der Waals surface area (Å²) < 4.78 is 5.27. The van der Waals surface area contributed by atoms with Crippen molar-refractivity contribution < 1.29 is 9.53 Å². The Morgan fingerprint density at radius 3 is 2.46 bits per heavy atom. The molecule has 1 saturated heterocycles. The van der Waals surface area contributed by atoms with Crippen LogP contribution in [-0.4, -0.2) is 24.2 Å². The lowest BCUT2D eigenvalue weighted by atomic mass is 9.89. The highest BCUT2D eigenvalue weighted by Gasteiger charge is 2.37. The van der Waals surface area contributed by atoms with Gasteiger partial charge in [-0.1, -0.05) is 13.3 Å². The first-order chi connectivity index (χ1) is 5.94. The summed E-state index contributed by atoms with van der Waals surface area (Å²) in [5, 5.41) is 3.09. The largest absolute Gasteiger partial charge is 0.459 e. The van der Waals surface area contributed by atoms with E-state index < -0.39 is 0 Å². The van der Waals surface area contributed by atoms with E-state index in [1.54, 1.807) is 0 Å². The van der Waals surface area contributed by atoms with Crippen molar-refractivity contribution in [2.45, 2.75) is 45.8 Å². The van der Waals surface area contributed by atoms with Crippen LogP contribution in [0.15, 0.2) is 0 Å². The van der Waals surface area contributed by atoms with Crippen molar-refractivity contribution in [1.82, 2.24) is 5.32 Å². The number of carbonyl (C=O) groups excluding carboxylic acids is 1. The minimum atomic E-state index is -0.368. The number of nitrogens with one attached hydrogen (secondary N) is 1. The molecule has 2 unspecified atom stereocenters. The topological polar surface area (TPSA) is 38.3 Å². The second kappa shape index (κ2) is 3.66. The maximum absolute atomic E-state index is 11.5. The first-order valence-electron chi connectivity index (χ1n) is 4.90. The van der Waals surface area contributed by atoms with Gasteiger partial charge in [-0.2, -0.15) is 0 Å². The molecule has 0 aliphatic carbocycles. The fourth-order valence-corrected chi connectivity index (χ4v) is 1.42. The molecule has 1 aliphatic heterocycles. The lowest BCUT2D eigenvalue weighted by Gasteiger charge is -2.37. The standard InChI is InChI=1S/C10H19NO2/c1-5-7-6-11-8(7)9(12)13-10(2,3)4/h7-8,11H,5-6H2,1-4H3. The van der Waals surface area contributed by atoms with Crippen molar-refractivity contribution in [3.8, 4) is 0 Å². The molecule has 1 heterocycles. The van der Waals surface area contributed by atoms with Crippen molar-refractivity contribution in [1.29, 1.82) is 0 Å². The summed E-state index contributed by atoms with van der Waals surface area (Å²) in [4.78, 5) is 11.5. The molecule has 1 N–H and O–H groups in total. The monoisotopic (exact) mass is 185 g/mol. The zero-order valence-corrected chi connectivity index (χ0v) is 8.89. The first kappa shape index (κ1) is 10.5. The zero-order valence-electron chi connectivity index (χ0n) is 8.89. The van der Waals surface area contributed by atoms with Crippen LogP contribution in [0.5, 0.6) is 0 Å². The summed E-state index contributed by atoms with van der Waals surface area (Å²) in [6.45, 7) is 8.73. The minimum absolute atomic E-state index is 0.0655. The molecule has 2 atom stereocenters. The van der Waals surface area contributed by atoms with E-state index in [1.165, 1.54) is 0 Å². The Hall–Kier alpha value is -0.570. The Bertz CT molecular complexity index is 194. The summed E-state index contributed by atoms with van der Waals surface area (Å²) in [7, 11) is 0. The highest BCUT2D eigenvalue weighted by molar-refractivity contribution is 5.77. The normalized spacial score (nSPS) is 28.0. The van der Waals surface area contributed by atoms with Gasteiger partial charge in [0.05, 0.1) is 0 Å². The summed E-state index contributed by atoms with van der Waals surface area (Å²) in [5.41, 5.74) is -0.368. The lowest BCUT2D eigenvalue weighted by molar-refractivity contribution is -0.161. The second-order valence-electron chi connectivity index (χ2n) is 4.59. The average molecular weight is 185 g/mol. The van der Waals surface area contributed by atoms with Crippen molar-refractivity contribution in [3.63, 3.8) is 0 Å². The smallest absolute Gasteiger partial charge is 0.323 e. The summed E-state index contributed by atoms with van der Waals surface area (Å²) >= 11 is 0. The molecule has 3 nitrogen and oxygen atoms in total. The van der Waals surface area contributed by atoms with Gasteiger partial charge < -0.3 is 10.1 Å². The van der Waals surface area contributed by atoms with Crippen LogP contribution in [0.4, 0.5) is 0 Å². The molecule has 1 rings (SSSR count). The second-order valence-corrected chi connectivity index (χ2v) is 4.59. The van der Waals surface area contributed by atoms with Gasteiger partial charge in [0.25, 0.3) is 0 Å². The van der Waals surface area contributed by atoms with E-state index in [0.29, 0.717) is 5.92 Å². The number of hydrogen-bond acceptors (Lipinski definition) is 3. The quantitative estimate of drug-likeness (QED) is 0.659. The Kier molecular flexibility index (Phi) is 2.96. The van der Waals surface area contributed by atoms with Crippen LogP contribution >= 0.6 is 0 Å². The number of ether oxygens (including phenoxy) is 1. The molecule has 0 amide bonds. The predicted molar refractivity (Wildman–Crippen MR) is 51.4 cm³/mol. The SMILES string of the molecule is CCC1CNC1C(=O)OC(C)(C)C. The van der Waals surface area contributed by atoms with Gasteiger partial charge in [0.15, 0.2) is 0 Å². The summed E-state index contributed by atoms with van der Waals surface area (Å²) in [6.07, 6.45) is 1.04. The third-order valence-electron chi connectivity index (χ3n) is 2.26. The Labute approximate surface area is 79.8 Å². The molecule has 1 fully saturated rings. The number of hydrogen-bond donors (Lipinski definition) is 1. The Morgan fingerprint density at radius 2 is 2.15 bits per heavy atom. The van der Waals surface area contributed by atoms with Crippen LogP contribution in [0.3, 0.4) is 0 Å². The maximum Gasteiger partial charge on any atom is 0.323 e. The molecule has 0 aromatic heterocycles. The molecule has 76 valence electrons. The third-order valence-corrected chi connectivity index (χ3v) is 2.26. The Morgan fingerprint density at radius 1 is 1.54 bits per heavy atom. The maximum atomic E-state index is 11.5. The van der Waals surface area contributed by atoms with Gasteiger partial charge in [-0.15, -0.1) is 0 Å². The van der Waals surface area contributed by atoms with Gasteiger partial charge in [-0.05, 0) is 26.7 Å². The van der Waals surface area contributed by atoms with Crippen LogP contribution in [0.25, 0.3) is 0 Å². The highest BCUT2D eigenvalue weighted by atomic mass is 16.6. The van der Waals surface area contributed by atoms with Crippen LogP contribution in [0, 0.1) is 5.92 Å². The van der Waals surface area contributed by atoms with Crippen molar-refractivity contribution in [3.05, 3.63) is 0 Å². The van der Waals surface area contributed by atoms with E-state index in [2.05, 4.69) is 12.2 Å². The molecule has 13 heavy (non-hydrogen) atoms. The van der Waals surface area contributed by atoms with Gasteiger partial charge in [-0.3, -0.25) is 4.79 Å². The molecule has 1 aliphatic rings. The zero-order chi connectivity index (χ0) is 10.1. The van der Waals surface area contributed by atoms with Gasteiger partial charge in [-0.25, -0.2) is 0 Å². The van der Waals surface area contributed by atoms with Gasteiger partial charge in [0, 0.05) is 6.54 Å². The van der Waals surface area contributed by atoms with Crippen molar-refractivity contribution in [2.75, 3.05) is 6.54 Å². The van der Waals surface area contributed by atoms with Crippen LogP contribution in [0.1, 0.15) is 34.1 Å². The van der Waals surface area contributed by atoms with E-state index in [9.17, 15) is 4.79 Å². The first-order valence-corrected chi connectivity index (χ1v) is 4.90. The number of esters is 1. The minimum Gasteiger partial charge on any atom is -0.459 e. The number of rotatable bonds is 2. The molecule has 0 saturated carbocycles. The fourth-order valence-electron chi connectivity index (χ4n) is 1.42. The fraction of sp³-hybridized carbons (Fsp3) is 0.900.